The van der Waals surface area contributed by atoms with E-state index in [0.29, 0.717) is 6.42 Å². The molecule has 0 saturated carbocycles. The quantitative estimate of drug-likeness (QED) is 0.595. The zero-order chi connectivity index (χ0) is 20.3. The highest BCUT2D eigenvalue weighted by molar-refractivity contribution is 5.84. The van der Waals surface area contributed by atoms with E-state index in [2.05, 4.69) is 30.1 Å². The lowest BCUT2D eigenvalue weighted by Crippen LogP contribution is -2.11. The summed E-state index contributed by atoms with van der Waals surface area (Å²) in [5.41, 5.74) is 6.74. The molecule has 0 bridgehead atoms. The minimum Gasteiger partial charge on any atom is -0.481 e. The van der Waals surface area contributed by atoms with E-state index in [9.17, 15) is 4.79 Å². The van der Waals surface area contributed by atoms with Crippen LogP contribution < -0.4 is 4.90 Å². The van der Waals surface area contributed by atoms with Crippen molar-refractivity contribution in [3.63, 3.8) is 0 Å². The van der Waals surface area contributed by atoms with E-state index in [1.54, 1.807) is 0 Å². The predicted octanol–water partition coefficient (Wildman–Crippen LogP) is 4.13. The molecular formula is C22H28N4O2. The van der Waals surface area contributed by atoms with Crippen molar-refractivity contribution >= 4 is 17.3 Å². The van der Waals surface area contributed by atoms with Crippen LogP contribution in [0.2, 0.25) is 0 Å². The Hall–Kier alpha value is -2.89. The molecule has 3 aromatic heterocycles. The number of aromatic nitrogens is 3. The minimum atomic E-state index is -0.741. The number of rotatable bonds is 8. The molecule has 3 rings (SSSR count). The molecule has 0 aliphatic carbocycles. The fraction of sp³-hybridized carbons (Fsp3) is 0.409. The molecule has 0 amide bonds. The fourth-order valence-corrected chi connectivity index (χ4v) is 3.62. The Morgan fingerprint density at radius 3 is 2.68 bits per heavy atom. The maximum atomic E-state index is 10.9. The van der Waals surface area contributed by atoms with E-state index in [1.807, 2.05) is 42.7 Å². The van der Waals surface area contributed by atoms with Crippen LogP contribution >= 0.6 is 0 Å². The summed E-state index contributed by atoms with van der Waals surface area (Å²) in [4.78, 5) is 17.3. The summed E-state index contributed by atoms with van der Waals surface area (Å²) in [7, 11) is 3.97. The van der Waals surface area contributed by atoms with Gasteiger partial charge >= 0.3 is 5.97 Å². The summed E-state index contributed by atoms with van der Waals surface area (Å²) in [5.74, 6) is 0.165. The predicted molar refractivity (Wildman–Crippen MR) is 112 cm³/mol. The number of hydrogen-bond donors (Lipinski definition) is 1. The van der Waals surface area contributed by atoms with Crippen LogP contribution in [0.15, 0.2) is 30.5 Å². The second kappa shape index (κ2) is 8.42. The SMILES string of the molecule is CCc1ccc2c(-c3ccnc(N(C)C)c3)c(CCCCC(=O)O)c(C)nn12. The minimum absolute atomic E-state index is 0.204. The maximum absolute atomic E-state index is 10.9. The van der Waals surface area contributed by atoms with Crippen molar-refractivity contribution in [3.05, 3.63) is 47.4 Å². The van der Waals surface area contributed by atoms with Crippen LogP contribution in [0.1, 0.15) is 43.1 Å². The van der Waals surface area contributed by atoms with Gasteiger partial charge in [-0.2, -0.15) is 5.10 Å². The topological polar surface area (TPSA) is 70.7 Å². The van der Waals surface area contributed by atoms with Crippen molar-refractivity contribution in [2.24, 2.45) is 0 Å². The molecule has 3 aromatic rings. The molecule has 0 unspecified atom stereocenters. The Morgan fingerprint density at radius 1 is 1.21 bits per heavy atom. The molecule has 0 spiro atoms. The number of pyridine rings is 1. The second-order valence-electron chi connectivity index (χ2n) is 7.31. The Kier molecular flexibility index (Phi) is 5.97. The first-order chi connectivity index (χ1) is 13.4. The van der Waals surface area contributed by atoms with E-state index in [-0.39, 0.29) is 6.42 Å². The lowest BCUT2D eigenvalue weighted by Gasteiger charge is -2.17. The zero-order valence-electron chi connectivity index (χ0n) is 17.1. The van der Waals surface area contributed by atoms with Crippen molar-refractivity contribution in [2.45, 2.75) is 46.0 Å². The molecule has 6 nitrogen and oxygen atoms in total. The number of anilines is 1. The largest absolute Gasteiger partial charge is 0.481 e. The lowest BCUT2D eigenvalue weighted by molar-refractivity contribution is -0.137. The first-order valence-corrected chi connectivity index (χ1v) is 9.78. The number of fused-ring (bicyclic) bond motifs is 1. The average molecular weight is 380 g/mol. The molecule has 0 aromatic carbocycles. The van der Waals surface area contributed by atoms with Crippen LogP contribution in [0.4, 0.5) is 5.82 Å². The standard InChI is InChI=1S/C22H28N4O2/c1-5-17-10-11-19-22(16-12-13-23-20(14-16)25(3)4)18(15(2)24-26(17)19)8-6-7-9-21(27)28/h10-14H,5-9H2,1-4H3,(H,27,28). The molecule has 6 heteroatoms. The van der Waals surface area contributed by atoms with Crippen molar-refractivity contribution in [1.29, 1.82) is 0 Å². The third-order valence-electron chi connectivity index (χ3n) is 5.10. The number of nitrogens with zero attached hydrogens (tertiary/aromatic N) is 4. The number of carboxylic acids is 1. The zero-order valence-corrected chi connectivity index (χ0v) is 17.1. The molecule has 0 atom stereocenters. The summed E-state index contributed by atoms with van der Waals surface area (Å²) in [6, 6.07) is 8.42. The number of aryl methyl sites for hydroxylation is 2. The van der Waals surface area contributed by atoms with Crippen molar-refractivity contribution in [1.82, 2.24) is 14.6 Å². The Labute approximate surface area is 165 Å². The van der Waals surface area contributed by atoms with Crippen LogP contribution in [0, 0.1) is 6.92 Å². The van der Waals surface area contributed by atoms with Gasteiger partial charge in [0.25, 0.3) is 0 Å². The van der Waals surface area contributed by atoms with Crippen LogP contribution in [-0.2, 0) is 17.6 Å². The van der Waals surface area contributed by atoms with Gasteiger partial charge in [-0.3, -0.25) is 4.79 Å². The van der Waals surface area contributed by atoms with E-state index < -0.39 is 5.97 Å². The first kappa shape index (κ1) is 19.9. The highest BCUT2D eigenvalue weighted by atomic mass is 16.4. The summed E-state index contributed by atoms with van der Waals surface area (Å²) in [6.45, 7) is 4.18. The highest BCUT2D eigenvalue weighted by Gasteiger charge is 2.17. The van der Waals surface area contributed by atoms with Gasteiger partial charge in [-0.25, -0.2) is 9.50 Å². The van der Waals surface area contributed by atoms with E-state index in [0.717, 1.165) is 41.9 Å². The number of aliphatic carboxylic acids is 1. The van der Waals surface area contributed by atoms with Crippen LogP contribution in [0.5, 0.6) is 0 Å². The third-order valence-corrected chi connectivity index (χ3v) is 5.10. The number of carboxylic acid groups (broad SMARTS) is 1. The number of unbranched alkanes of at least 4 members (excludes halogenated alkanes) is 1. The van der Waals surface area contributed by atoms with E-state index >= 15 is 0 Å². The monoisotopic (exact) mass is 380 g/mol. The lowest BCUT2D eigenvalue weighted by atomic mass is 9.95. The molecule has 0 radical (unpaired) electrons. The summed E-state index contributed by atoms with van der Waals surface area (Å²) in [6.07, 6.45) is 5.26. The summed E-state index contributed by atoms with van der Waals surface area (Å²) in [5, 5.41) is 13.8. The van der Waals surface area contributed by atoms with Gasteiger partial charge in [0.1, 0.15) is 5.82 Å². The van der Waals surface area contributed by atoms with Crippen molar-refractivity contribution in [2.75, 3.05) is 19.0 Å². The molecule has 1 N–H and O–H groups in total. The van der Waals surface area contributed by atoms with Crippen molar-refractivity contribution < 1.29 is 9.90 Å². The van der Waals surface area contributed by atoms with Gasteiger partial charge in [0.2, 0.25) is 0 Å². The van der Waals surface area contributed by atoms with Gasteiger partial charge in [-0.1, -0.05) is 6.92 Å². The second-order valence-corrected chi connectivity index (χ2v) is 7.31. The van der Waals surface area contributed by atoms with Gasteiger partial charge in [-0.15, -0.1) is 0 Å². The van der Waals surface area contributed by atoms with Crippen LogP contribution in [-0.4, -0.2) is 39.8 Å². The van der Waals surface area contributed by atoms with Gasteiger partial charge < -0.3 is 10.0 Å². The molecule has 3 heterocycles. The fourth-order valence-electron chi connectivity index (χ4n) is 3.62. The normalized spacial score (nSPS) is 11.1. The number of hydrogen-bond acceptors (Lipinski definition) is 4. The van der Waals surface area contributed by atoms with Gasteiger partial charge in [0.05, 0.1) is 11.2 Å². The summed E-state index contributed by atoms with van der Waals surface area (Å²) >= 11 is 0. The molecule has 0 saturated heterocycles. The molecule has 0 fully saturated rings. The number of carbonyl (C=O) groups is 1. The van der Waals surface area contributed by atoms with Crippen LogP contribution in [0.25, 0.3) is 16.6 Å². The Morgan fingerprint density at radius 2 is 2.00 bits per heavy atom. The highest BCUT2D eigenvalue weighted by Crippen LogP contribution is 2.33. The third kappa shape index (κ3) is 4.01. The average Bonchev–Trinajstić information content (AvgIpc) is 3.07. The first-order valence-electron chi connectivity index (χ1n) is 9.78. The molecule has 0 aliphatic heterocycles. The van der Waals surface area contributed by atoms with Crippen LogP contribution in [0.3, 0.4) is 0 Å². The molecule has 148 valence electrons. The molecule has 0 aliphatic rings. The van der Waals surface area contributed by atoms with E-state index in [4.69, 9.17) is 10.2 Å². The molecule has 28 heavy (non-hydrogen) atoms. The van der Waals surface area contributed by atoms with Crippen molar-refractivity contribution in [3.8, 4) is 11.1 Å². The van der Waals surface area contributed by atoms with E-state index in [1.165, 1.54) is 16.8 Å². The molecular weight excluding hydrogens is 352 g/mol. The van der Waals surface area contributed by atoms with Gasteiger partial charge in [0.15, 0.2) is 0 Å². The summed E-state index contributed by atoms with van der Waals surface area (Å²) < 4.78 is 2.04. The smallest absolute Gasteiger partial charge is 0.303 e. The maximum Gasteiger partial charge on any atom is 0.303 e. The van der Waals surface area contributed by atoms with Gasteiger partial charge in [0, 0.05) is 38.0 Å². The Balaban J connectivity index is 2.13. The Bertz CT molecular complexity index is 992. The van der Waals surface area contributed by atoms with Gasteiger partial charge in [-0.05, 0) is 68.0 Å².